The Labute approximate surface area is 169 Å². The molecule has 6 nitrogen and oxygen atoms in total. The Morgan fingerprint density at radius 3 is 2.31 bits per heavy atom. The van der Waals surface area contributed by atoms with Crippen molar-refractivity contribution in [2.45, 2.75) is 26.0 Å². The Hall–Kier alpha value is -3.38. The van der Waals surface area contributed by atoms with Gasteiger partial charge in [0, 0.05) is 5.69 Å². The number of ether oxygens (including phenoxy) is 1. The van der Waals surface area contributed by atoms with Crippen LogP contribution in [0.4, 0.5) is 5.69 Å². The molecule has 1 amide bonds. The number of furan rings is 1. The summed E-state index contributed by atoms with van der Waals surface area (Å²) >= 11 is 0. The van der Waals surface area contributed by atoms with Gasteiger partial charge in [0.05, 0.1) is 30.5 Å². The van der Waals surface area contributed by atoms with Gasteiger partial charge in [0.25, 0.3) is 0 Å². The average Bonchev–Trinajstić information content (AvgIpc) is 3.23. The molecular weight excluding hydrogens is 368 g/mol. The molecule has 0 unspecified atom stereocenters. The van der Waals surface area contributed by atoms with Crippen LogP contribution in [0.1, 0.15) is 41.6 Å². The number of amides is 1. The van der Waals surface area contributed by atoms with Crippen LogP contribution in [0, 0.1) is 0 Å². The lowest BCUT2D eigenvalue weighted by Gasteiger charge is -2.17. The van der Waals surface area contributed by atoms with E-state index in [-0.39, 0.29) is 30.6 Å². The molecule has 1 heterocycles. The van der Waals surface area contributed by atoms with Crippen molar-refractivity contribution in [2.75, 3.05) is 11.9 Å². The highest BCUT2D eigenvalue weighted by molar-refractivity contribution is 5.94. The fourth-order valence-electron chi connectivity index (χ4n) is 2.86. The topological polar surface area (TPSA) is 80.6 Å². The maximum Gasteiger partial charge on any atom is 0.338 e. The number of anilines is 1. The molecule has 2 N–H and O–H groups in total. The van der Waals surface area contributed by atoms with E-state index in [9.17, 15) is 9.59 Å². The van der Waals surface area contributed by atoms with Crippen LogP contribution >= 0.6 is 0 Å². The van der Waals surface area contributed by atoms with Gasteiger partial charge < -0.3 is 14.5 Å². The first kappa shape index (κ1) is 20.4. The Morgan fingerprint density at radius 1 is 0.966 bits per heavy atom. The molecule has 2 aromatic carbocycles. The lowest BCUT2D eigenvalue weighted by Crippen LogP contribution is -2.31. The highest BCUT2D eigenvalue weighted by Gasteiger charge is 2.17. The first-order valence-corrected chi connectivity index (χ1v) is 9.45. The number of rotatable bonds is 8. The summed E-state index contributed by atoms with van der Waals surface area (Å²) in [6.07, 6.45) is 1.43. The lowest BCUT2D eigenvalue weighted by molar-refractivity contribution is -0.115. The van der Waals surface area contributed by atoms with E-state index < -0.39 is 0 Å². The quantitative estimate of drug-likeness (QED) is 0.563. The van der Waals surface area contributed by atoms with Crippen molar-refractivity contribution in [3.63, 3.8) is 0 Å². The van der Waals surface area contributed by atoms with Crippen molar-refractivity contribution >= 4 is 17.6 Å². The third-order valence-corrected chi connectivity index (χ3v) is 4.17. The van der Waals surface area contributed by atoms with Gasteiger partial charge in [-0.15, -0.1) is 0 Å². The van der Waals surface area contributed by atoms with E-state index in [4.69, 9.17) is 9.15 Å². The van der Waals surface area contributed by atoms with Gasteiger partial charge in [-0.1, -0.05) is 30.3 Å². The summed E-state index contributed by atoms with van der Waals surface area (Å²) in [6.45, 7) is 3.69. The van der Waals surface area contributed by atoms with Crippen LogP contribution in [0.5, 0.6) is 0 Å². The fraction of sp³-hybridized carbons (Fsp3) is 0.217. The van der Waals surface area contributed by atoms with E-state index in [0.29, 0.717) is 11.3 Å². The first-order valence-electron chi connectivity index (χ1n) is 9.45. The predicted molar refractivity (Wildman–Crippen MR) is 111 cm³/mol. The van der Waals surface area contributed by atoms with Crippen molar-refractivity contribution in [1.29, 1.82) is 0 Å². The minimum Gasteiger partial charge on any atom is -0.467 e. The first-order chi connectivity index (χ1) is 14.0. The molecule has 3 aromatic rings. The van der Waals surface area contributed by atoms with E-state index in [0.717, 1.165) is 11.3 Å². The average molecular weight is 392 g/mol. The zero-order chi connectivity index (χ0) is 20.6. The molecular formula is C23H24N2O4. The van der Waals surface area contributed by atoms with Gasteiger partial charge >= 0.3 is 5.97 Å². The van der Waals surface area contributed by atoms with Crippen molar-refractivity contribution in [1.82, 2.24) is 5.32 Å². The molecule has 0 bridgehead atoms. The van der Waals surface area contributed by atoms with Crippen LogP contribution < -0.4 is 10.6 Å². The Kier molecular flexibility index (Phi) is 6.81. The highest BCUT2D eigenvalue weighted by atomic mass is 16.5. The van der Waals surface area contributed by atoms with Gasteiger partial charge in [-0.3, -0.25) is 10.1 Å². The molecule has 0 saturated carbocycles. The van der Waals surface area contributed by atoms with Crippen LogP contribution in [0.15, 0.2) is 77.4 Å². The maximum absolute atomic E-state index is 12.4. The van der Waals surface area contributed by atoms with Crippen LogP contribution in [0.2, 0.25) is 0 Å². The molecule has 0 aliphatic carbocycles. The molecule has 0 radical (unpaired) electrons. The van der Waals surface area contributed by atoms with Gasteiger partial charge in [0.1, 0.15) is 5.76 Å². The predicted octanol–water partition coefficient (Wildman–Crippen LogP) is 4.16. The van der Waals surface area contributed by atoms with Gasteiger partial charge in [0.15, 0.2) is 0 Å². The van der Waals surface area contributed by atoms with E-state index in [1.165, 1.54) is 0 Å². The van der Waals surface area contributed by atoms with Crippen molar-refractivity contribution in [3.8, 4) is 0 Å². The van der Waals surface area contributed by atoms with Crippen molar-refractivity contribution in [2.24, 2.45) is 0 Å². The minimum atomic E-state index is -0.385. The maximum atomic E-state index is 12.4. The molecule has 150 valence electrons. The Bertz CT molecular complexity index is 919. The monoisotopic (exact) mass is 392 g/mol. The van der Waals surface area contributed by atoms with E-state index in [1.54, 1.807) is 44.4 Å². The van der Waals surface area contributed by atoms with E-state index in [2.05, 4.69) is 10.6 Å². The van der Waals surface area contributed by atoms with Crippen LogP contribution in [0.3, 0.4) is 0 Å². The molecule has 0 aliphatic rings. The molecule has 0 fully saturated rings. The fourth-order valence-corrected chi connectivity index (χ4v) is 2.86. The molecule has 0 saturated heterocycles. The molecule has 0 aliphatic heterocycles. The highest BCUT2D eigenvalue weighted by Crippen LogP contribution is 2.22. The molecule has 3 rings (SSSR count). The summed E-state index contributed by atoms with van der Waals surface area (Å²) < 4.78 is 10.7. The summed E-state index contributed by atoms with van der Waals surface area (Å²) in [5, 5.41) is 6.05. The Morgan fingerprint density at radius 2 is 1.69 bits per heavy atom. The summed E-state index contributed by atoms with van der Waals surface area (Å²) in [5.41, 5.74) is 2.05. The number of carbonyl (C=O) groups is 2. The van der Waals surface area contributed by atoms with Crippen LogP contribution in [-0.2, 0) is 9.53 Å². The van der Waals surface area contributed by atoms with Crippen LogP contribution in [0.25, 0.3) is 0 Å². The van der Waals surface area contributed by atoms with Crippen molar-refractivity contribution in [3.05, 3.63) is 89.9 Å². The smallest absolute Gasteiger partial charge is 0.338 e. The summed E-state index contributed by atoms with van der Waals surface area (Å²) in [7, 11) is 0. The zero-order valence-corrected chi connectivity index (χ0v) is 16.4. The van der Waals surface area contributed by atoms with Gasteiger partial charge in [-0.05, 0) is 55.8 Å². The molecule has 0 spiro atoms. The summed E-state index contributed by atoms with van der Waals surface area (Å²) in [6, 6.07) is 19.9. The molecule has 1 aromatic heterocycles. The standard InChI is InChI=1S/C23H24N2O4/c1-16(2)29-23(27)18-10-12-19(13-11-18)25-21(26)15-24-22(20-9-6-14-28-20)17-7-4-3-5-8-17/h3-14,16,22,24H,15H2,1-2H3,(H,25,26)/t22-/m0/s1. The molecule has 6 heteroatoms. The number of carbonyl (C=O) groups excluding carboxylic acids is 2. The number of benzene rings is 2. The van der Waals surface area contributed by atoms with E-state index >= 15 is 0 Å². The zero-order valence-electron chi connectivity index (χ0n) is 16.4. The number of nitrogens with one attached hydrogen (secondary N) is 2. The number of esters is 1. The second-order valence-electron chi connectivity index (χ2n) is 6.82. The Balaban J connectivity index is 1.59. The third kappa shape index (κ3) is 5.80. The normalized spacial score (nSPS) is 11.8. The van der Waals surface area contributed by atoms with Gasteiger partial charge in [0.2, 0.25) is 5.91 Å². The summed E-state index contributed by atoms with van der Waals surface area (Å²) in [4.78, 5) is 24.3. The number of hydrogen-bond donors (Lipinski definition) is 2. The molecule has 29 heavy (non-hydrogen) atoms. The molecule has 1 atom stereocenters. The lowest BCUT2D eigenvalue weighted by atomic mass is 10.0. The van der Waals surface area contributed by atoms with Crippen molar-refractivity contribution < 1.29 is 18.7 Å². The minimum absolute atomic E-state index is 0.0946. The second-order valence-corrected chi connectivity index (χ2v) is 6.82. The van der Waals surface area contributed by atoms with Gasteiger partial charge in [-0.2, -0.15) is 0 Å². The number of hydrogen-bond acceptors (Lipinski definition) is 5. The van der Waals surface area contributed by atoms with E-state index in [1.807, 2.05) is 42.5 Å². The second kappa shape index (κ2) is 9.71. The van der Waals surface area contributed by atoms with Gasteiger partial charge in [-0.25, -0.2) is 4.79 Å². The summed E-state index contributed by atoms with van der Waals surface area (Å²) in [5.74, 6) is 0.149. The SMILES string of the molecule is CC(C)OC(=O)c1ccc(NC(=O)CN[C@@H](c2ccccc2)c2ccco2)cc1. The third-order valence-electron chi connectivity index (χ3n) is 4.17. The van der Waals surface area contributed by atoms with Crippen LogP contribution in [-0.4, -0.2) is 24.5 Å². The largest absolute Gasteiger partial charge is 0.467 e.